The summed E-state index contributed by atoms with van der Waals surface area (Å²) >= 11 is 0. The molecule has 0 unspecified atom stereocenters. The Hall–Kier alpha value is -0.730. The number of amides is 1. The molecule has 0 aromatic heterocycles. The predicted octanol–water partition coefficient (Wildman–Crippen LogP) is -1.52. The minimum Gasteiger partial charge on any atom is -0.394 e. The molecule has 7 nitrogen and oxygen atoms in total. The number of nitrogens with one attached hydrogen (secondary N) is 1. The minimum atomic E-state index is -1.45. The quantitative estimate of drug-likeness (QED) is 0.376. The van der Waals surface area contributed by atoms with Crippen LogP contribution in [-0.4, -0.2) is 63.6 Å². The lowest BCUT2D eigenvalue weighted by Gasteiger charge is -2.40. The van der Waals surface area contributed by atoms with Crippen LogP contribution in [0.3, 0.4) is 0 Å². The molecule has 0 radical (unpaired) electrons. The molecule has 0 bridgehead atoms. The Morgan fingerprint density at radius 2 is 1.89 bits per heavy atom. The SMILES string of the molecule is CCCCCC(=O)N[C@@H]1[C@@H](O)[C@H](O)[C@@H](CO)O[C@H]1O. The molecule has 0 spiro atoms. The molecule has 1 heterocycles. The molecule has 5 atom stereocenters. The Balaban J connectivity index is 2.50. The number of carbonyl (C=O) groups is 1. The van der Waals surface area contributed by atoms with Crippen LogP contribution in [0.5, 0.6) is 0 Å². The van der Waals surface area contributed by atoms with Gasteiger partial charge in [-0.2, -0.15) is 0 Å². The summed E-state index contributed by atoms with van der Waals surface area (Å²) in [5.74, 6) is -0.310. The van der Waals surface area contributed by atoms with Crippen molar-refractivity contribution in [3.05, 3.63) is 0 Å². The van der Waals surface area contributed by atoms with Gasteiger partial charge in [-0.3, -0.25) is 4.79 Å². The summed E-state index contributed by atoms with van der Waals surface area (Å²) < 4.78 is 4.94. The van der Waals surface area contributed by atoms with Crippen molar-refractivity contribution in [3.8, 4) is 0 Å². The van der Waals surface area contributed by atoms with E-state index in [9.17, 15) is 20.1 Å². The van der Waals surface area contributed by atoms with Crippen molar-refractivity contribution in [2.45, 2.75) is 63.3 Å². The molecule has 0 aromatic carbocycles. The molecular weight excluding hydrogens is 254 g/mol. The Labute approximate surface area is 112 Å². The third-order valence-corrected chi connectivity index (χ3v) is 3.24. The van der Waals surface area contributed by atoms with Crippen molar-refractivity contribution in [2.75, 3.05) is 6.61 Å². The van der Waals surface area contributed by atoms with Crippen LogP contribution >= 0.6 is 0 Å². The highest BCUT2D eigenvalue weighted by Gasteiger charge is 2.44. The lowest BCUT2D eigenvalue weighted by Crippen LogP contribution is -2.64. The van der Waals surface area contributed by atoms with Gasteiger partial charge in [0.15, 0.2) is 6.29 Å². The van der Waals surface area contributed by atoms with Gasteiger partial charge in [-0.1, -0.05) is 19.8 Å². The first kappa shape index (κ1) is 16.3. The van der Waals surface area contributed by atoms with Gasteiger partial charge >= 0.3 is 0 Å². The summed E-state index contributed by atoms with van der Waals surface area (Å²) in [4.78, 5) is 11.6. The van der Waals surface area contributed by atoms with E-state index < -0.39 is 37.3 Å². The van der Waals surface area contributed by atoms with Crippen molar-refractivity contribution in [1.82, 2.24) is 5.32 Å². The molecule has 1 aliphatic rings. The number of aliphatic hydroxyl groups is 4. The predicted molar refractivity (Wildman–Crippen MR) is 66.1 cm³/mol. The molecule has 1 saturated heterocycles. The average molecular weight is 277 g/mol. The topological polar surface area (TPSA) is 119 Å². The summed E-state index contributed by atoms with van der Waals surface area (Å²) in [7, 11) is 0. The molecule has 1 rings (SSSR count). The third-order valence-electron chi connectivity index (χ3n) is 3.24. The molecule has 1 fully saturated rings. The van der Waals surface area contributed by atoms with Gasteiger partial charge in [0, 0.05) is 6.42 Å². The summed E-state index contributed by atoms with van der Waals surface area (Å²) in [6, 6.07) is -1.09. The third kappa shape index (κ3) is 4.39. The Morgan fingerprint density at radius 3 is 2.47 bits per heavy atom. The van der Waals surface area contributed by atoms with Crippen LogP contribution in [0.15, 0.2) is 0 Å². The minimum absolute atomic E-state index is 0.295. The van der Waals surface area contributed by atoms with Gasteiger partial charge in [-0.05, 0) is 6.42 Å². The standard InChI is InChI=1S/C12H23NO6/c1-2-3-4-5-8(15)13-9-11(17)10(16)7(6-14)19-12(9)18/h7,9-12,14,16-18H,2-6H2,1H3,(H,13,15)/t7-,9-,10-,11-,12-/m1/s1. The zero-order valence-corrected chi connectivity index (χ0v) is 11.0. The molecule has 19 heavy (non-hydrogen) atoms. The van der Waals surface area contributed by atoms with Crippen LogP contribution < -0.4 is 5.32 Å². The number of rotatable bonds is 6. The lowest BCUT2D eigenvalue weighted by atomic mass is 9.97. The highest BCUT2D eigenvalue weighted by molar-refractivity contribution is 5.76. The zero-order chi connectivity index (χ0) is 14.4. The fraction of sp³-hybridized carbons (Fsp3) is 0.917. The van der Waals surface area contributed by atoms with E-state index in [1.165, 1.54) is 0 Å². The van der Waals surface area contributed by atoms with Gasteiger partial charge in [-0.15, -0.1) is 0 Å². The van der Waals surface area contributed by atoms with Gasteiger partial charge in [0.05, 0.1) is 6.61 Å². The lowest BCUT2D eigenvalue weighted by molar-refractivity contribution is -0.253. The van der Waals surface area contributed by atoms with Gasteiger partial charge in [0.1, 0.15) is 24.4 Å². The summed E-state index contributed by atoms with van der Waals surface area (Å²) in [5.41, 5.74) is 0. The fourth-order valence-electron chi connectivity index (χ4n) is 2.05. The van der Waals surface area contributed by atoms with Crippen LogP contribution in [0, 0.1) is 0 Å². The molecule has 0 saturated carbocycles. The van der Waals surface area contributed by atoms with Gasteiger partial charge < -0.3 is 30.5 Å². The van der Waals surface area contributed by atoms with Crippen molar-refractivity contribution in [3.63, 3.8) is 0 Å². The van der Waals surface area contributed by atoms with Crippen molar-refractivity contribution in [2.24, 2.45) is 0 Å². The monoisotopic (exact) mass is 277 g/mol. The maximum Gasteiger partial charge on any atom is 0.220 e. The van der Waals surface area contributed by atoms with Crippen molar-refractivity contribution < 1.29 is 30.0 Å². The van der Waals surface area contributed by atoms with E-state index >= 15 is 0 Å². The molecule has 7 heteroatoms. The largest absolute Gasteiger partial charge is 0.394 e. The van der Waals surface area contributed by atoms with E-state index in [-0.39, 0.29) is 5.91 Å². The zero-order valence-electron chi connectivity index (χ0n) is 11.0. The normalized spacial score (nSPS) is 35.1. The summed E-state index contributed by atoms with van der Waals surface area (Å²) in [6.45, 7) is 1.50. The highest BCUT2D eigenvalue weighted by Crippen LogP contribution is 2.19. The van der Waals surface area contributed by atoms with Gasteiger partial charge in [0.2, 0.25) is 5.91 Å². The maximum atomic E-state index is 11.6. The van der Waals surface area contributed by atoms with Gasteiger partial charge in [0.25, 0.3) is 0 Å². The van der Waals surface area contributed by atoms with Crippen LogP contribution in [0.25, 0.3) is 0 Å². The number of aliphatic hydroxyl groups excluding tert-OH is 4. The highest BCUT2D eigenvalue weighted by atomic mass is 16.6. The van der Waals surface area contributed by atoms with E-state index in [0.717, 1.165) is 19.3 Å². The van der Waals surface area contributed by atoms with E-state index in [1.54, 1.807) is 0 Å². The Bertz CT molecular complexity index is 287. The molecule has 112 valence electrons. The van der Waals surface area contributed by atoms with E-state index in [0.29, 0.717) is 6.42 Å². The summed E-state index contributed by atoms with van der Waals surface area (Å²) in [6.07, 6.45) is -2.31. The molecule has 0 aromatic rings. The second-order valence-corrected chi connectivity index (χ2v) is 4.78. The Morgan fingerprint density at radius 1 is 1.21 bits per heavy atom. The number of carbonyl (C=O) groups excluding carboxylic acids is 1. The van der Waals surface area contributed by atoms with E-state index in [2.05, 4.69) is 5.32 Å². The van der Waals surface area contributed by atoms with Crippen molar-refractivity contribution >= 4 is 5.91 Å². The number of unbranched alkanes of at least 4 members (excludes halogenated alkanes) is 2. The van der Waals surface area contributed by atoms with Crippen LogP contribution in [-0.2, 0) is 9.53 Å². The first-order valence-corrected chi connectivity index (χ1v) is 6.61. The number of hydrogen-bond donors (Lipinski definition) is 5. The van der Waals surface area contributed by atoms with Crippen LogP contribution in [0.2, 0.25) is 0 Å². The second kappa shape index (κ2) is 7.76. The Kier molecular flexibility index (Phi) is 6.67. The maximum absolute atomic E-state index is 11.6. The first-order chi connectivity index (χ1) is 9.01. The van der Waals surface area contributed by atoms with E-state index in [4.69, 9.17) is 9.84 Å². The van der Waals surface area contributed by atoms with E-state index in [1.807, 2.05) is 6.92 Å². The number of ether oxygens (including phenoxy) is 1. The first-order valence-electron chi connectivity index (χ1n) is 6.61. The second-order valence-electron chi connectivity index (χ2n) is 4.78. The molecular formula is C12H23NO6. The van der Waals surface area contributed by atoms with Crippen molar-refractivity contribution in [1.29, 1.82) is 0 Å². The summed E-state index contributed by atoms with van der Waals surface area (Å²) in [5, 5.41) is 40.5. The molecule has 0 aliphatic carbocycles. The smallest absolute Gasteiger partial charge is 0.220 e. The average Bonchev–Trinajstić information content (AvgIpc) is 2.39. The molecule has 1 aliphatic heterocycles. The molecule has 1 amide bonds. The van der Waals surface area contributed by atoms with Crippen LogP contribution in [0.1, 0.15) is 32.6 Å². The van der Waals surface area contributed by atoms with Gasteiger partial charge in [-0.25, -0.2) is 0 Å². The molecule has 5 N–H and O–H groups in total. The van der Waals surface area contributed by atoms with Crippen LogP contribution in [0.4, 0.5) is 0 Å². The number of hydrogen-bond acceptors (Lipinski definition) is 6. The fourth-order valence-corrected chi connectivity index (χ4v) is 2.05.